The maximum absolute atomic E-state index is 13.2. The number of benzene rings is 3. The molecule has 9 rings (SSSR count). The van der Waals surface area contributed by atoms with Crippen LogP contribution in [0.4, 0.5) is 5.69 Å². The molecule has 3 aliphatic rings. The number of carbonyl (C=O) groups is 4. The summed E-state index contributed by atoms with van der Waals surface area (Å²) in [7, 11) is 1.74. The number of thiophene rings is 1. The molecule has 62 heavy (non-hydrogen) atoms. The molecule has 13 nitrogen and oxygen atoms in total. The van der Waals surface area contributed by atoms with Crippen LogP contribution < -0.4 is 31.7 Å². The molecule has 3 aromatic heterocycles. The Morgan fingerprint density at radius 2 is 1.73 bits per heavy atom. The number of amides is 4. The molecule has 5 heterocycles. The third kappa shape index (κ3) is 8.44. The molecule has 0 radical (unpaired) electrons. The van der Waals surface area contributed by atoms with E-state index in [1.165, 1.54) is 15.9 Å². The second-order valence-corrected chi connectivity index (χ2v) is 18.2. The van der Waals surface area contributed by atoms with E-state index in [2.05, 4.69) is 45.5 Å². The number of piperidine rings is 1. The van der Waals surface area contributed by atoms with Crippen molar-refractivity contribution < 1.29 is 23.9 Å². The Balaban J connectivity index is 0.709. The number of pyridine rings is 1. The van der Waals surface area contributed by atoms with Crippen LogP contribution in [0.5, 0.6) is 5.75 Å². The number of carbonyl (C=O) groups excluding carboxylic acids is 4. The molecule has 1 unspecified atom stereocenters. The minimum absolute atomic E-state index is 0.0364. The van der Waals surface area contributed by atoms with E-state index >= 15 is 0 Å². The topological polar surface area (TPSA) is 165 Å². The highest BCUT2D eigenvalue weighted by Gasteiger charge is 2.32. The second kappa shape index (κ2) is 17.8. The van der Waals surface area contributed by atoms with Crippen molar-refractivity contribution in [1.82, 2.24) is 30.1 Å². The number of rotatable bonds is 13. The molecule has 6 aromatic rings. The van der Waals surface area contributed by atoms with E-state index in [-0.39, 0.29) is 48.0 Å². The minimum atomic E-state index is -0.691. The van der Waals surface area contributed by atoms with Crippen molar-refractivity contribution in [2.45, 2.75) is 115 Å². The number of hydrogen-bond acceptors (Lipinski definition) is 9. The second-order valence-electron chi connectivity index (χ2n) is 17.2. The van der Waals surface area contributed by atoms with Crippen LogP contribution in [0.3, 0.4) is 0 Å². The molecular weight excluding hydrogens is 803 g/mol. The molecule has 0 spiro atoms. The lowest BCUT2D eigenvalue weighted by atomic mass is 9.92. The van der Waals surface area contributed by atoms with Crippen LogP contribution in [0.25, 0.3) is 43.3 Å². The van der Waals surface area contributed by atoms with Crippen LogP contribution in [-0.4, -0.2) is 62.5 Å². The zero-order valence-electron chi connectivity index (χ0n) is 35.3. The summed E-state index contributed by atoms with van der Waals surface area (Å²) in [5.74, 6) is 0.162. The number of fused-ring (bicyclic) bond motifs is 6. The highest BCUT2D eigenvalue weighted by molar-refractivity contribution is 7.21. The molecule has 4 amide bonds. The molecule has 2 aliphatic heterocycles. The van der Waals surface area contributed by atoms with E-state index in [4.69, 9.17) is 9.72 Å². The van der Waals surface area contributed by atoms with Gasteiger partial charge in [-0.1, -0.05) is 43.5 Å². The van der Waals surface area contributed by atoms with Crippen molar-refractivity contribution >= 4 is 72.7 Å². The van der Waals surface area contributed by atoms with Crippen LogP contribution >= 0.6 is 11.3 Å². The summed E-state index contributed by atoms with van der Waals surface area (Å²) in [6.07, 6.45) is 10.3. The number of nitrogens with one attached hydrogen (secondary N) is 4. The lowest BCUT2D eigenvalue weighted by molar-refractivity contribution is -0.135. The van der Waals surface area contributed by atoms with Gasteiger partial charge in [-0.15, -0.1) is 11.3 Å². The van der Waals surface area contributed by atoms with E-state index in [0.717, 1.165) is 124 Å². The van der Waals surface area contributed by atoms with Crippen molar-refractivity contribution in [3.05, 3.63) is 87.7 Å². The summed E-state index contributed by atoms with van der Waals surface area (Å²) in [6.45, 7) is 2.67. The van der Waals surface area contributed by atoms with Gasteiger partial charge in [-0.25, -0.2) is 9.78 Å². The summed E-state index contributed by atoms with van der Waals surface area (Å²) in [4.78, 5) is 69.0. The van der Waals surface area contributed by atoms with Gasteiger partial charge in [0.25, 0.3) is 5.91 Å². The number of unbranched alkanes of at least 4 members (excludes halogenated alkanes) is 4. The Morgan fingerprint density at radius 1 is 0.919 bits per heavy atom. The molecule has 4 N–H and O–H groups in total. The van der Waals surface area contributed by atoms with E-state index < -0.39 is 11.9 Å². The molecule has 3 aromatic carbocycles. The van der Waals surface area contributed by atoms with Crippen molar-refractivity contribution in [2.75, 3.05) is 11.9 Å². The van der Waals surface area contributed by atoms with E-state index in [0.29, 0.717) is 24.3 Å². The first-order valence-electron chi connectivity index (χ1n) is 22.1. The molecule has 2 atom stereocenters. The number of ether oxygens (including phenoxy) is 1. The van der Waals surface area contributed by atoms with Crippen molar-refractivity contribution in [3.63, 3.8) is 0 Å². The van der Waals surface area contributed by atoms with E-state index in [9.17, 15) is 24.0 Å². The first kappa shape index (κ1) is 41.3. The standard InChI is InChI=1S/C48H53N7O6S/c1-28-27-49-43-42-34-20-21-35(52-36(34)22-24-39(42)62-45(43)47(59)50-28)30-12-8-13-33(26-30)61-32-18-16-31(17-19-32)51-40(56)15-7-5-3-4-6-10-29-11-9-14-37-44(29)54(2)48(60)55(37)38-23-25-41(57)53-46(38)58/h8-9,11-14,20-22,24,26,28,31-32,38,49H,3-7,10,15-19,23,25,27H2,1-2H3,(H,50,59)(H,51,56)(H,53,57,58)/t28-,31?,32?,38?/m1/s1. The maximum atomic E-state index is 13.2. The predicted octanol–water partition coefficient (Wildman–Crippen LogP) is 7.68. The van der Waals surface area contributed by atoms with Gasteiger partial charge in [0.15, 0.2) is 0 Å². The fourth-order valence-corrected chi connectivity index (χ4v) is 10.6. The summed E-state index contributed by atoms with van der Waals surface area (Å²) >= 11 is 1.51. The number of para-hydroxylation sites is 1. The lowest BCUT2D eigenvalue weighted by Crippen LogP contribution is -2.44. The molecule has 1 aliphatic carbocycles. The van der Waals surface area contributed by atoms with Gasteiger partial charge in [-0.3, -0.25) is 33.6 Å². The first-order chi connectivity index (χ1) is 30.1. The fourth-order valence-electron chi connectivity index (χ4n) is 9.51. The van der Waals surface area contributed by atoms with Crippen LogP contribution in [0.15, 0.2) is 71.5 Å². The van der Waals surface area contributed by atoms with Crippen molar-refractivity contribution in [1.29, 1.82) is 0 Å². The normalized spacial score (nSPS) is 20.4. The number of hydrogen-bond donors (Lipinski definition) is 4. The Labute approximate surface area is 363 Å². The monoisotopic (exact) mass is 855 g/mol. The van der Waals surface area contributed by atoms with Gasteiger partial charge in [-0.05, 0) is 106 Å². The molecule has 1 saturated carbocycles. The number of aromatic nitrogens is 3. The third-order valence-corrected chi connectivity index (χ3v) is 13.9. The lowest BCUT2D eigenvalue weighted by Gasteiger charge is -2.29. The van der Waals surface area contributed by atoms with Crippen LogP contribution in [0.2, 0.25) is 0 Å². The molecule has 0 bridgehead atoms. The summed E-state index contributed by atoms with van der Waals surface area (Å²) < 4.78 is 10.7. The Bertz CT molecular complexity index is 2760. The average Bonchev–Trinajstić information content (AvgIpc) is 3.72. The Kier molecular flexibility index (Phi) is 11.8. The highest BCUT2D eigenvalue weighted by atomic mass is 32.1. The molecule has 322 valence electrons. The number of imide groups is 1. The maximum Gasteiger partial charge on any atom is 0.329 e. The highest BCUT2D eigenvalue weighted by Crippen LogP contribution is 2.41. The van der Waals surface area contributed by atoms with Crippen molar-refractivity contribution in [2.24, 2.45) is 7.05 Å². The Morgan fingerprint density at radius 3 is 2.56 bits per heavy atom. The van der Waals surface area contributed by atoms with Crippen LogP contribution in [-0.2, 0) is 27.9 Å². The largest absolute Gasteiger partial charge is 0.490 e. The molecule has 2 fully saturated rings. The zero-order valence-corrected chi connectivity index (χ0v) is 36.1. The molecular formula is C48H53N7O6S. The van der Waals surface area contributed by atoms with Gasteiger partial charge >= 0.3 is 5.69 Å². The zero-order chi connectivity index (χ0) is 42.9. The SMILES string of the molecule is C[C@@H]1CNc2c(sc3ccc4nc(-c5cccc(OC6CCC(NC(=O)CCCCCCCc7cccc8c7n(C)c(=O)n8C7CCC(=O)NC7=O)CC6)c5)ccc4c23)C(=O)N1. The number of nitrogens with zero attached hydrogens (tertiary/aromatic N) is 3. The molecule has 14 heteroatoms. The van der Waals surface area contributed by atoms with Crippen LogP contribution in [0.1, 0.15) is 105 Å². The average molecular weight is 856 g/mol. The minimum Gasteiger partial charge on any atom is -0.490 e. The quantitative estimate of drug-likeness (QED) is 0.0679. The summed E-state index contributed by atoms with van der Waals surface area (Å²) in [5, 5.41) is 14.3. The summed E-state index contributed by atoms with van der Waals surface area (Å²) in [6, 6.07) is 21.7. The smallest absolute Gasteiger partial charge is 0.329 e. The third-order valence-electron chi connectivity index (χ3n) is 12.7. The number of aryl methyl sites for hydroxylation is 2. The van der Waals surface area contributed by atoms with Crippen molar-refractivity contribution in [3.8, 4) is 17.0 Å². The first-order valence-corrected chi connectivity index (χ1v) is 22.9. The number of anilines is 1. The van der Waals surface area contributed by atoms with E-state index in [1.54, 1.807) is 11.6 Å². The van der Waals surface area contributed by atoms with Gasteiger partial charge in [-0.2, -0.15) is 0 Å². The van der Waals surface area contributed by atoms with Gasteiger partial charge in [0.2, 0.25) is 17.7 Å². The fraction of sp³-hybridized carbons (Fsp3) is 0.417. The van der Waals surface area contributed by atoms with E-state index in [1.807, 2.05) is 49.4 Å². The Hall–Kier alpha value is -6.02. The number of imidazole rings is 1. The van der Waals surface area contributed by atoms with Crippen LogP contribution in [0, 0.1) is 0 Å². The molecule has 1 saturated heterocycles. The van der Waals surface area contributed by atoms with Gasteiger partial charge in [0.1, 0.15) is 16.7 Å². The predicted molar refractivity (Wildman–Crippen MR) is 243 cm³/mol. The van der Waals surface area contributed by atoms with Gasteiger partial charge < -0.3 is 20.7 Å². The van der Waals surface area contributed by atoms with Gasteiger partial charge in [0.05, 0.1) is 34.0 Å². The summed E-state index contributed by atoms with van der Waals surface area (Å²) in [5.41, 5.74) is 5.98. The van der Waals surface area contributed by atoms with Gasteiger partial charge in [0, 0.05) is 59.6 Å².